The lowest BCUT2D eigenvalue weighted by molar-refractivity contribution is 0.195. The molecule has 1 atom stereocenters. The number of phenols is 1. The van der Waals surface area contributed by atoms with Crippen LogP contribution in [-0.2, 0) is 6.54 Å². The third-order valence-corrected chi connectivity index (χ3v) is 4.90. The van der Waals surface area contributed by atoms with Crippen molar-refractivity contribution in [1.82, 2.24) is 19.7 Å². The zero-order chi connectivity index (χ0) is 17.9. The number of phenolic OH excluding ortho intramolecular Hbond substituents is 1. The maximum atomic E-state index is 12.3. The summed E-state index contributed by atoms with van der Waals surface area (Å²) in [6.07, 6.45) is 2.06. The molecule has 1 saturated heterocycles. The largest absolute Gasteiger partial charge is 0.508 e. The van der Waals surface area contributed by atoms with Gasteiger partial charge in [0.05, 0.1) is 5.69 Å². The number of piperidine rings is 1. The molecular formula is C20H22N4O2. The van der Waals surface area contributed by atoms with Crippen molar-refractivity contribution in [2.45, 2.75) is 25.3 Å². The topological polar surface area (TPSA) is 74.2 Å². The third kappa shape index (κ3) is 3.41. The van der Waals surface area contributed by atoms with Crippen LogP contribution in [0, 0.1) is 0 Å². The first-order valence-corrected chi connectivity index (χ1v) is 8.94. The lowest BCUT2D eigenvalue weighted by Gasteiger charge is -2.32. The number of aromatic hydroxyl groups is 1. The van der Waals surface area contributed by atoms with Gasteiger partial charge in [0.15, 0.2) is 0 Å². The maximum absolute atomic E-state index is 12.3. The molecule has 0 aliphatic carbocycles. The summed E-state index contributed by atoms with van der Waals surface area (Å²) in [6.45, 7) is 2.63. The Labute approximate surface area is 151 Å². The predicted molar refractivity (Wildman–Crippen MR) is 99.5 cm³/mol. The lowest BCUT2D eigenvalue weighted by Crippen LogP contribution is -2.35. The zero-order valence-electron chi connectivity index (χ0n) is 14.5. The normalized spacial score (nSPS) is 18.1. The molecule has 134 valence electrons. The minimum absolute atomic E-state index is 0.195. The Morgan fingerprint density at radius 2 is 2.00 bits per heavy atom. The second kappa shape index (κ2) is 7.17. The molecule has 0 unspecified atom stereocenters. The summed E-state index contributed by atoms with van der Waals surface area (Å²) < 4.78 is 1.68. The molecule has 2 N–H and O–H groups in total. The van der Waals surface area contributed by atoms with Gasteiger partial charge in [0, 0.05) is 19.0 Å². The summed E-state index contributed by atoms with van der Waals surface area (Å²) in [5, 5.41) is 16.6. The van der Waals surface area contributed by atoms with Crippen molar-refractivity contribution in [3.63, 3.8) is 0 Å². The number of aromatic amines is 1. The van der Waals surface area contributed by atoms with Crippen LogP contribution in [0.2, 0.25) is 0 Å². The molecule has 6 heteroatoms. The molecule has 0 radical (unpaired) electrons. The minimum atomic E-state index is -0.198. The van der Waals surface area contributed by atoms with Crippen LogP contribution in [-0.4, -0.2) is 37.9 Å². The Morgan fingerprint density at radius 1 is 1.15 bits per heavy atom. The second-order valence-corrected chi connectivity index (χ2v) is 6.80. The molecule has 4 rings (SSSR count). The molecule has 26 heavy (non-hydrogen) atoms. The van der Waals surface area contributed by atoms with Crippen LogP contribution in [0.25, 0.3) is 5.69 Å². The maximum Gasteiger partial charge on any atom is 0.347 e. The highest BCUT2D eigenvalue weighted by atomic mass is 16.3. The number of nitrogens with one attached hydrogen (secondary N) is 1. The van der Waals surface area contributed by atoms with Crippen molar-refractivity contribution < 1.29 is 5.11 Å². The number of para-hydroxylation sites is 1. The van der Waals surface area contributed by atoms with Crippen molar-refractivity contribution in [2.24, 2.45) is 0 Å². The Hall–Kier alpha value is -2.86. The van der Waals surface area contributed by atoms with Crippen LogP contribution < -0.4 is 5.69 Å². The molecule has 0 spiro atoms. The second-order valence-electron chi connectivity index (χ2n) is 6.80. The summed E-state index contributed by atoms with van der Waals surface area (Å²) in [5.74, 6) is 1.28. The van der Waals surface area contributed by atoms with E-state index in [-0.39, 0.29) is 11.6 Å². The molecule has 2 aromatic carbocycles. The van der Waals surface area contributed by atoms with Gasteiger partial charge in [-0.25, -0.2) is 14.5 Å². The van der Waals surface area contributed by atoms with Gasteiger partial charge >= 0.3 is 5.69 Å². The van der Waals surface area contributed by atoms with E-state index in [0.29, 0.717) is 5.75 Å². The van der Waals surface area contributed by atoms with Crippen LogP contribution in [0.4, 0.5) is 0 Å². The summed E-state index contributed by atoms with van der Waals surface area (Å²) in [4.78, 5) is 14.7. The van der Waals surface area contributed by atoms with E-state index < -0.39 is 0 Å². The molecule has 3 aromatic rings. The van der Waals surface area contributed by atoms with Gasteiger partial charge < -0.3 is 5.11 Å². The van der Waals surface area contributed by atoms with Crippen LogP contribution in [0.5, 0.6) is 5.75 Å². The Kier molecular flexibility index (Phi) is 4.58. The van der Waals surface area contributed by atoms with Crippen molar-refractivity contribution in [3.8, 4) is 11.4 Å². The molecule has 1 aliphatic rings. The molecular weight excluding hydrogens is 328 g/mol. The number of H-pyrrole nitrogens is 1. The smallest absolute Gasteiger partial charge is 0.347 e. The Morgan fingerprint density at radius 3 is 2.81 bits per heavy atom. The zero-order valence-corrected chi connectivity index (χ0v) is 14.5. The van der Waals surface area contributed by atoms with E-state index in [1.54, 1.807) is 16.7 Å². The van der Waals surface area contributed by atoms with Crippen LogP contribution in [0.3, 0.4) is 0 Å². The summed E-state index contributed by atoms with van der Waals surface area (Å²) in [6, 6.07) is 17.0. The fourth-order valence-electron chi connectivity index (χ4n) is 3.73. The number of rotatable bonds is 4. The van der Waals surface area contributed by atoms with E-state index in [9.17, 15) is 9.90 Å². The standard InChI is InChI=1S/C20H22N4O2/c25-18-10-4-6-15(12-18)13-23-11-5-7-16(14-23)19-21-22-20(26)24(19)17-8-2-1-3-9-17/h1-4,6,8-10,12,16,25H,5,7,11,13-14H2,(H,22,26)/t16-/m1/s1. The highest BCUT2D eigenvalue weighted by Gasteiger charge is 2.26. The summed E-state index contributed by atoms with van der Waals surface area (Å²) >= 11 is 0. The predicted octanol–water partition coefficient (Wildman–Crippen LogP) is 2.65. The molecule has 1 aliphatic heterocycles. The van der Waals surface area contributed by atoms with E-state index >= 15 is 0 Å². The first-order valence-electron chi connectivity index (χ1n) is 8.94. The average molecular weight is 350 g/mol. The van der Waals surface area contributed by atoms with Crippen LogP contribution in [0.15, 0.2) is 59.4 Å². The van der Waals surface area contributed by atoms with E-state index in [1.165, 1.54) is 0 Å². The number of benzene rings is 2. The highest BCUT2D eigenvalue weighted by molar-refractivity contribution is 5.33. The molecule has 6 nitrogen and oxygen atoms in total. The molecule has 0 saturated carbocycles. The molecule has 0 amide bonds. The van der Waals surface area contributed by atoms with Gasteiger partial charge in [-0.05, 0) is 49.2 Å². The lowest BCUT2D eigenvalue weighted by atomic mass is 9.96. The van der Waals surface area contributed by atoms with Gasteiger partial charge in [0.1, 0.15) is 11.6 Å². The molecule has 1 fully saturated rings. The van der Waals surface area contributed by atoms with E-state index in [2.05, 4.69) is 15.1 Å². The van der Waals surface area contributed by atoms with Crippen molar-refractivity contribution in [2.75, 3.05) is 13.1 Å². The SMILES string of the molecule is O=c1[nH]nc([C@@H]2CCCN(Cc3cccc(O)c3)C2)n1-c1ccccc1. The number of likely N-dealkylation sites (tertiary alicyclic amines) is 1. The Bertz CT molecular complexity index is 932. The van der Waals surface area contributed by atoms with Crippen molar-refractivity contribution in [1.29, 1.82) is 0 Å². The third-order valence-electron chi connectivity index (χ3n) is 4.90. The van der Waals surface area contributed by atoms with E-state index in [4.69, 9.17) is 0 Å². The minimum Gasteiger partial charge on any atom is -0.508 e. The quantitative estimate of drug-likeness (QED) is 0.759. The number of hydrogen-bond acceptors (Lipinski definition) is 4. The van der Waals surface area contributed by atoms with Crippen LogP contribution >= 0.6 is 0 Å². The monoisotopic (exact) mass is 350 g/mol. The van der Waals surface area contributed by atoms with E-state index in [0.717, 1.165) is 49.6 Å². The fourth-order valence-corrected chi connectivity index (χ4v) is 3.73. The van der Waals surface area contributed by atoms with Crippen LogP contribution in [0.1, 0.15) is 30.1 Å². The van der Waals surface area contributed by atoms with Crippen molar-refractivity contribution >= 4 is 0 Å². The summed E-state index contributed by atoms with van der Waals surface area (Å²) in [5.41, 5.74) is 1.73. The molecule has 1 aromatic heterocycles. The van der Waals surface area contributed by atoms with Gasteiger partial charge in [-0.15, -0.1) is 0 Å². The number of aromatic nitrogens is 3. The van der Waals surface area contributed by atoms with Crippen molar-refractivity contribution in [3.05, 3.63) is 76.5 Å². The number of nitrogens with zero attached hydrogens (tertiary/aromatic N) is 3. The molecule has 0 bridgehead atoms. The van der Waals surface area contributed by atoms with Gasteiger partial charge in [-0.2, -0.15) is 5.10 Å². The number of hydrogen-bond donors (Lipinski definition) is 2. The van der Waals surface area contributed by atoms with Gasteiger partial charge in [0.25, 0.3) is 0 Å². The fraction of sp³-hybridized carbons (Fsp3) is 0.300. The highest BCUT2D eigenvalue weighted by Crippen LogP contribution is 2.27. The average Bonchev–Trinajstić information content (AvgIpc) is 3.04. The molecule has 2 heterocycles. The first kappa shape index (κ1) is 16.6. The first-order chi connectivity index (χ1) is 12.7. The summed E-state index contributed by atoms with van der Waals surface area (Å²) in [7, 11) is 0. The Balaban J connectivity index is 1.56. The van der Waals surface area contributed by atoms with E-state index in [1.807, 2.05) is 42.5 Å². The van der Waals surface area contributed by atoms with Gasteiger partial charge in [0.2, 0.25) is 0 Å². The van der Waals surface area contributed by atoms with Gasteiger partial charge in [-0.3, -0.25) is 4.90 Å². The van der Waals surface area contributed by atoms with Gasteiger partial charge in [-0.1, -0.05) is 30.3 Å².